The van der Waals surface area contributed by atoms with Gasteiger partial charge in [0.15, 0.2) is 0 Å². The minimum absolute atomic E-state index is 0.113. The highest BCUT2D eigenvalue weighted by Gasteiger charge is 2.37. The average molecular weight is 361 g/mol. The second-order valence-electron chi connectivity index (χ2n) is 6.01. The first-order valence-corrected chi connectivity index (χ1v) is 8.46. The van der Waals surface area contributed by atoms with Crippen molar-refractivity contribution in [2.24, 2.45) is 5.92 Å². The van der Waals surface area contributed by atoms with E-state index in [0.29, 0.717) is 5.91 Å². The van der Waals surface area contributed by atoms with Gasteiger partial charge >= 0.3 is 0 Å². The van der Waals surface area contributed by atoms with Gasteiger partial charge in [-0.1, -0.05) is 15.9 Å². The SMILES string of the molecule is O=C(C1CN(c2ncc3cc(Br)ccc3n2)C1)N1CCCC1. The summed E-state index contributed by atoms with van der Waals surface area (Å²) in [6.07, 6.45) is 4.13. The number of hydrogen-bond acceptors (Lipinski definition) is 4. The summed E-state index contributed by atoms with van der Waals surface area (Å²) in [5, 5.41) is 1.02. The Morgan fingerprint density at radius 1 is 1.23 bits per heavy atom. The number of benzene rings is 1. The van der Waals surface area contributed by atoms with E-state index in [1.807, 2.05) is 29.3 Å². The molecule has 0 atom stereocenters. The van der Waals surface area contributed by atoms with Gasteiger partial charge in [-0.3, -0.25) is 4.79 Å². The van der Waals surface area contributed by atoms with Crippen molar-refractivity contribution in [3.8, 4) is 0 Å². The highest BCUT2D eigenvalue weighted by Crippen LogP contribution is 2.26. The van der Waals surface area contributed by atoms with E-state index >= 15 is 0 Å². The van der Waals surface area contributed by atoms with Crippen molar-refractivity contribution in [2.75, 3.05) is 31.1 Å². The van der Waals surface area contributed by atoms with Crippen molar-refractivity contribution < 1.29 is 4.79 Å². The summed E-state index contributed by atoms with van der Waals surface area (Å²) < 4.78 is 1.02. The van der Waals surface area contributed by atoms with Gasteiger partial charge < -0.3 is 9.80 Å². The van der Waals surface area contributed by atoms with Crippen molar-refractivity contribution in [2.45, 2.75) is 12.8 Å². The third-order valence-corrected chi connectivity index (χ3v) is 4.95. The molecule has 0 unspecified atom stereocenters. The van der Waals surface area contributed by atoms with Gasteiger partial charge in [-0.2, -0.15) is 0 Å². The summed E-state index contributed by atoms with van der Waals surface area (Å²) in [6.45, 7) is 3.32. The lowest BCUT2D eigenvalue weighted by Gasteiger charge is -2.39. The zero-order valence-corrected chi connectivity index (χ0v) is 13.8. The predicted molar refractivity (Wildman–Crippen MR) is 88.8 cm³/mol. The standard InChI is InChI=1S/C16H17BrN4O/c17-13-3-4-14-11(7-13)8-18-16(19-14)21-9-12(10-21)15(22)20-5-1-2-6-20/h3-4,7-8,12H,1-2,5-6,9-10H2. The fourth-order valence-corrected chi connectivity index (χ4v) is 3.52. The Hall–Kier alpha value is -1.69. The van der Waals surface area contributed by atoms with Crippen molar-refractivity contribution in [1.82, 2.24) is 14.9 Å². The maximum Gasteiger partial charge on any atom is 0.229 e. The van der Waals surface area contributed by atoms with E-state index < -0.39 is 0 Å². The van der Waals surface area contributed by atoms with E-state index in [4.69, 9.17) is 0 Å². The van der Waals surface area contributed by atoms with Crippen LogP contribution in [0.4, 0.5) is 5.95 Å². The van der Waals surface area contributed by atoms with Crippen LogP contribution < -0.4 is 4.90 Å². The third-order valence-electron chi connectivity index (χ3n) is 4.46. The third kappa shape index (κ3) is 2.45. The van der Waals surface area contributed by atoms with Gasteiger partial charge in [-0.05, 0) is 31.0 Å². The van der Waals surface area contributed by atoms with Crippen LogP contribution in [0.15, 0.2) is 28.9 Å². The summed E-state index contributed by atoms with van der Waals surface area (Å²) in [7, 11) is 0. The van der Waals surface area contributed by atoms with Crippen molar-refractivity contribution in [3.05, 3.63) is 28.9 Å². The molecule has 2 aromatic rings. The molecule has 1 aromatic carbocycles. The molecule has 2 aliphatic heterocycles. The van der Waals surface area contributed by atoms with Gasteiger partial charge in [-0.15, -0.1) is 0 Å². The van der Waals surface area contributed by atoms with Crippen LogP contribution in [-0.4, -0.2) is 47.0 Å². The largest absolute Gasteiger partial charge is 0.342 e. The first kappa shape index (κ1) is 13.9. The Labute approximate surface area is 137 Å². The smallest absolute Gasteiger partial charge is 0.229 e. The molecular weight excluding hydrogens is 344 g/mol. The number of hydrogen-bond donors (Lipinski definition) is 0. The fourth-order valence-electron chi connectivity index (χ4n) is 3.14. The van der Waals surface area contributed by atoms with Crippen LogP contribution >= 0.6 is 15.9 Å². The van der Waals surface area contributed by atoms with Gasteiger partial charge in [0.05, 0.1) is 11.4 Å². The zero-order chi connectivity index (χ0) is 15.1. The van der Waals surface area contributed by atoms with E-state index in [2.05, 4.69) is 30.8 Å². The predicted octanol–water partition coefficient (Wildman–Crippen LogP) is 2.45. The summed E-state index contributed by atoms with van der Waals surface area (Å²) in [4.78, 5) is 25.4. The van der Waals surface area contributed by atoms with E-state index in [-0.39, 0.29) is 5.92 Å². The molecular formula is C16H17BrN4O. The summed E-state index contributed by atoms with van der Waals surface area (Å²) in [6, 6.07) is 5.97. The lowest BCUT2D eigenvalue weighted by molar-refractivity contribution is -0.135. The van der Waals surface area contributed by atoms with E-state index in [0.717, 1.165) is 60.3 Å². The molecule has 5 nitrogen and oxygen atoms in total. The highest BCUT2D eigenvalue weighted by atomic mass is 79.9. The Morgan fingerprint density at radius 3 is 2.77 bits per heavy atom. The number of halogens is 1. The number of likely N-dealkylation sites (tertiary alicyclic amines) is 1. The van der Waals surface area contributed by atoms with E-state index in [1.54, 1.807) is 0 Å². The molecule has 2 aliphatic rings. The first-order valence-electron chi connectivity index (χ1n) is 7.67. The molecule has 0 spiro atoms. The fraction of sp³-hybridized carbons (Fsp3) is 0.438. The zero-order valence-electron chi connectivity index (χ0n) is 12.2. The maximum absolute atomic E-state index is 12.3. The van der Waals surface area contributed by atoms with E-state index in [1.165, 1.54) is 0 Å². The molecule has 0 radical (unpaired) electrons. The Kier molecular flexibility index (Phi) is 3.48. The number of anilines is 1. The Morgan fingerprint density at radius 2 is 2.00 bits per heavy atom. The van der Waals surface area contributed by atoms with Gasteiger partial charge in [0.25, 0.3) is 0 Å². The monoisotopic (exact) mass is 360 g/mol. The molecule has 114 valence electrons. The molecule has 1 aromatic heterocycles. The Bertz CT molecular complexity index is 723. The molecule has 0 N–H and O–H groups in total. The lowest BCUT2D eigenvalue weighted by Crippen LogP contribution is -2.54. The van der Waals surface area contributed by atoms with Gasteiger partial charge in [0.2, 0.25) is 11.9 Å². The summed E-state index contributed by atoms with van der Waals surface area (Å²) >= 11 is 3.45. The molecule has 6 heteroatoms. The molecule has 0 bridgehead atoms. The van der Waals surface area contributed by atoms with Crippen LogP contribution in [0.25, 0.3) is 10.9 Å². The average Bonchev–Trinajstić information content (AvgIpc) is 3.00. The summed E-state index contributed by atoms with van der Waals surface area (Å²) in [5.41, 5.74) is 0.933. The van der Waals surface area contributed by atoms with Crippen LogP contribution in [0.2, 0.25) is 0 Å². The number of rotatable bonds is 2. The van der Waals surface area contributed by atoms with Crippen molar-refractivity contribution in [3.63, 3.8) is 0 Å². The minimum atomic E-state index is 0.113. The second kappa shape index (κ2) is 5.50. The van der Waals surface area contributed by atoms with Crippen LogP contribution in [0.1, 0.15) is 12.8 Å². The number of carbonyl (C=O) groups excluding carboxylic acids is 1. The number of amides is 1. The Balaban J connectivity index is 1.46. The number of fused-ring (bicyclic) bond motifs is 1. The first-order chi connectivity index (χ1) is 10.7. The van der Waals surface area contributed by atoms with E-state index in [9.17, 15) is 4.79 Å². The highest BCUT2D eigenvalue weighted by molar-refractivity contribution is 9.10. The number of nitrogens with zero attached hydrogens (tertiary/aromatic N) is 4. The van der Waals surface area contributed by atoms with Crippen LogP contribution in [-0.2, 0) is 4.79 Å². The van der Waals surface area contributed by atoms with Crippen LogP contribution in [0.3, 0.4) is 0 Å². The second-order valence-corrected chi connectivity index (χ2v) is 6.92. The topological polar surface area (TPSA) is 49.3 Å². The molecule has 22 heavy (non-hydrogen) atoms. The molecule has 0 saturated carbocycles. The van der Waals surface area contributed by atoms with Crippen LogP contribution in [0, 0.1) is 5.92 Å². The van der Waals surface area contributed by atoms with Gasteiger partial charge in [0, 0.05) is 42.2 Å². The maximum atomic E-state index is 12.3. The van der Waals surface area contributed by atoms with Crippen molar-refractivity contribution in [1.29, 1.82) is 0 Å². The van der Waals surface area contributed by atoms with Crippen LogP contribution in [0.5, 0.6) is 0 Å². The molecule has 2 fully saturated rings. The van der Waals surface area contributed by atoms with Gasteiger partial charge in [0.1, 0.15) is 0 Å². The van der Waals surface area contributed by atoms with Crippen molar-refractivity contribution >= 4 is 38.7 Å². The number of carbonyl (C=O) groups is 1. The lowest BCUT2D eigenvalue weighted by atomic mass is 9.99. The molecule has 1 amide bonds. The molecule has 0 aliphatic carbocycles. The minimum Gasteiger partial charge on any atom is -0.342 e. The molecule has 2 saturated heterocycles. The molecule has 4 rings (SSSR count). The summed E-state index contributed by atoms with van der Waals surface area (Å²) in [5.74, 6) is 1.14. The quantitative estimate of drug-likeness (QED) is 0.825. The normalized spacial score (nSPS) is 18.8. The number of aromatic nitrogens is 2. The van der Waals surface area contributed by atoms with Gasteiger partial charge in [-0.25, -0.2) is 9.97 Å². The molecule has 3 heterocycles.